The zero-order valence-corrected chi connectivity index (χ0v) is 22.9. The molecule has 1 heterocycles. The van der Waals surface area contributed by atoms with Crippen LogP contribution in [0.4, 0.5) is 0 Å². The van der Waals surface area contributed by atoms with Crippen molar-refractivity contribution in [2.24, 2.45) is 0 Å². The van der Waals surface area contributed by atoms with Crippen LogP contribution in [-0.4, -0.2) is 106 Å². The Hall–Kier alpha value is 0.349. The second-order valence-corrected chi connectivity index (χ2v) is 11.0. The maximum absolute atomic E-state index is 11.8. The number of carbonyl (C=O) groups is 1. The van der Waals surface area contributed by atoms with E-state index in [1.807, 2.05) is 0 Å². The van der Waals surface area contributed by atoms with Gasteiger partial charge in [-0.25, -0.2) is 0 Å². The Morgan fingerprint density at radius 3 is 2.29 bits per heavy atom. The van der Waals surface area contributed by atoms with Crippen LogP contribution < -0.4 is 35.0 Å². The standard InChI is InChI=1S/C12H27B12O5S.Na/c13-20(14)23(24(21(15)16)22(17)18)19-30(5-3-1-2-4-12(27)28)8-9-6-10(25)11(26)7-29-9;/h6-7,15,26H,1-5,8,13-14,16-18H2,(H,27,28);/q-1;+1/i13-1,14-1,15-1,16-1,17-1,18-1,19-1,20-1,21-1,22-1,23-1,24-1;. The van der Waals surface area contributed by atoms with Gasteiger partial charge in [0.2, 0.25) is 0 Å². The normalized spacial score (nSPS) is 11.0. The third kappa shape index (κ3) is 11.9. The molecule has 0 aliphatic rings. The maximum atomic E-state index is 11.8. The number of hydrogen-bond acceptors (Lipinski definition) is 4. The number of aromatic hydroxyl groups is 1. The van der Waals surface area contributed by atoms with E-state index in [2.05, 4.69) is 52.5 Å². The number of unbranched alkanes of at least 4 members (excludes halogenated alkanes) is 2. The maximum Gasteiger partial charge on any atom is 1.00 e. The summed E-state index contributed by atoms with van der Waals surface area (Å²) in [5.41, 5.74) is -0.423. The van der Waals surface area contributed by atoms with Crippen molar-refractivity contribution in [3.8, 4) is 5.75 Å². The SMILES string of the molecule is [10BH-][10B]([10BH2])[10B]([10B]([10BH2])[10BH2])[10B]([10B]=S(CCCCCC(=O)O)Cc1cc(=O)c(O)co1)[10B]([10BH2])[10BH2].[Na+]. The predicted octanol–water partition coefficient (Wildman–Crippen LogP) is -8.29. The largest absolute Gasteiger partial charge is 1.00 e. The van der Waals surface area contributed by atoms with Crippen molar-refractivity contribution >= 4 is 101 Å². The Balaban J connectivity index is 0.00000900. The monoisotopic (exact) mass is 426 g/mol. The molecule has 19 heteroatoms. The van der Waals surface area contributed by atoms with Gasteiger partial charge in [0.1, 0.15) is 0 Å². The van der Waals surface area contributed by atoms with Gasteiger partial charge < -0.3 is 0 Å². The third-order valence-electron chi connectivity index (χ3n) is 5.48. The van der Waals surface area contributed by atoms with Gasteiger partial charge >= 0.3 is 221 Å². The number of carboxylic acids is 1. The minimum Gasteiger partial charge on any atom is 1.00 e. The van der Waals surface area contributed by atoms with E-state index in [0.29, 0.717) is 49.9 Å². The molecule has 1 unspecified atom stereocenters. The van der Waals surface area contributed by atoms with E-state index in [0.717, 1.165) is 24.9 Å². The molecule has 1 rings (SSSR count). The van der Waals surface area contributed by atoms with Crippen LogP contribution in [0.3, 0.4) is 0 Å². The van der Waals surface area contributed by atoms with Crippen molar-refractivity contribution < 1.29 is 49.0 Å². The second kappa shape index (κ2) is 16.1. The molecule has 5 nitrogen and oxygen atoms in total. The number of carboxylic acid groups (broad SMARTS) is 1. The number of hydrogen-bond donors (Lipinski definition) is 2. The Morgan fingerprint density at radius 1 is 1.16 bits per heavy atom. The molecule has 0 bridgehead atoms. The Bertz CT molecular complexity index is 771. The summed E-state index contributed by atoms with van der Waals surface area (Å²) < 4.78 is 5.47. The van der Waals surface area contributed by atoms with Crippen LogP contribution >= 0.6 is 10.3 Å². The van der Waals surface area contributed by atoms with Crippen molar-refractivity contribution in [3.63, 3.8) is 0 Å². The van der Waals surface area contributed by atoms with Gasteiger partial charge in [-0.05, 0) is 0 Å². The van der Waals surface area contributed by atoms with Crippen LogP contribution in [0.2, 0.25) is 0 Å². The van der Waals surface area contributed by atoms with Crippen LogP contribution in [0, 0.1) is 0 Å². The van der Waals surface area contributed by atoms with Gasteiger partial charge in [-0.2, -0.15) is 0 Å². The first kappa shape index (κ1) is 31.3. The molecule has 148 valence electrons. The third-order valence-corrected chi connectivity index (χ3v) is 7.65. The van der Waals surface area contributed by atoms with Gasteiger partial charge in [0.15, 0.2) is 0 Å². The first-order valence-electron chi connectivity index (χ1n) is 10.9. The first-order valence-corrected chi connectivity index (χ1v) is 12.5. The summed E-state index contributed by atoms with van der Waals surface area (Å²) in [7, 11) is 15.4. The predicted molar refractivity (Wildman–Crippen MR) is 153 cm³/mol. The van der Waals surface area contributed by atoms with Gasteiger partial charge in [0.25, 0.3) is 0 Å². The summed E-state index contributed by atoms with van der Waals surface area (Å²) >= 11 is 0. The quantitative estimate of drug-likeness (QED) is 0.242. The van der Waals surface area contributed by atoms with E-state index in [4.69, 9.17) is 9.52 Å². The van der Waals surface area contributed by atoms with Crippen molar-refractivity contribution in [2.45, 2.75) is 31.4 Å². The molecule has 1 aromatic rings. The summed E-state index contributed by atoms with van der Waals surface area (Å²) in [4.78, 5) is 22.6. The Labute approximate surface area is 219 Å². The molecular weight excluding hydrogens is 399 g/mol. The van der Waals surface area contributed by atoms with Crippen molar-refractivity contribution in [2.75, 3.05) is 5.75 Å². The molecule has 31 heavy (non-hydrogen) atoms. The van der Waals surface area contributed by atoms with Crippen LogP contribution in [0.1, 0.15) is 31.4 Å². The minimum absolute atomic E-state index is 0. The van der Waals surface area contributed by atoms with Crippen molar-refractivity contribution in [1.82, 2.24) is 0 Å². The molecule has 0 saturated carbocycles. The summed E-state index contributed by atoms with van der Waals surface area (Å²) in [5, 5.41) is 18.3. The minimum atomic E-state index is -0.754. The van der Waals surface area contributed by atoms with Crippen molar-refractivity contribution in [1.29, 1.82) is 0 Å². The van der Waals surface area contributed by atoms with E-state index in [1.165, 1.54) is 6.07 Å². The first-order chi connectivity index (χ1) is 14.0. The van der Waals surface area contributed by atoms with Crippen LogP contribution in [0.25, 0.3) is 0 Å². The second-order valence-electron chi connectivity index (χ2n) is 8.94. The average Bonchev–Trinajstić information content (AvgIpc) is 2.62. The molecule has 0 spiro atoms. The molecular formula is C12H27B12NaO5S. The summed E-state index contributed by atoms with van der Waals surface area (Å²) in [6, 6.07) is 3.82. The van der Waals surface area contributed by atoms with Gasteiger partial charge in [-0.15, -0.1) is 0 Å². The van der Waals surface area contributed by atoms with E-state index >= 15 is 0 Å². The van der Waals surface area contributed by atoms with Crippen LogP contribution in [0.15, 0.2) is 21.5 Å². The van der Waals surface area contributed by atoms with Gasteiger partial charge in [-0.3, -0.25) is 0 Å². The summed E-state index contributed by atoms with van der Waals surface area (Å²) in [5.74, 6) is 1.00. The Morgan fingerprint density at radius 2 is 1.81 bits per heavy atom. The molecule has 2 N–H and O–H groups in total. The summed E-state index contributed by atoms with van der Waals surface area (Å²) in [6.07, 6.45) is 5.95. The number of aliphatic carboxylic acids is 1. The molecule has 1 aromatic heterocycles. The molecule has 0 aliphatic carbocycles. The Kier molecular flexibility index (Phi) is 16.2. The van der Waals surface area contributed by atoms with E-state index in [9.17, 15) is 14.7 Å². The average molecular weight is 427 g/mol. The molecule has 0 aromatic carbocycles. The van der Waals surface area contributed by atoms with Gasteiger partial charge in [0, 0.05) is 0 Å². The molecule has 2 radical (unpaired) electrons. The number of rotatable bonds is 13. The molecule has 1 atom stereocenters. The van der Waals surface area contributed by atoms with E-state index < -0.39 is 11.4 Å². The van der Waals surface area contributed by atoms with Crippen molar-refractivity contribution in [3.05, 3.63) is 28.3 Å². The van der Waals surface area contributed by atoms with E-state index in [1.54, 1.807) is 0 Å². The fourth-order valence-electron chi connectivity index (χ4n) is 4.03. The smallest absolute Gasteiger partial charge is 1.00 e. The molecule has 0 aliphatic heterocycles. The van der Waals surface area contributed by atoms with Gasteiger partial charge in [-0.1, -0.05) is 0 Å². The molecule has 0 saturated heterocycles. The van der Waals surface area contributed by atoms with Gasteiger partial charge in [0.05, 0.1) is 0 Å². The fraction of sp³-hybridized carbons (Fsp3) is 0.500. The zero-order valence-electron chi connectivity index (χ0n) is 20.1. The van der Waals surface area contributed by atoms with Crippen LogP contribution in [0.5, 0.6) is 5.75 Å². The zero-order chi connectivity index (χ0) is 22.8. The molecule has 0 amide bonds. The fourth-order valence-corrected chi connectivity index (χ4v) is 6.43. The topological polar surface area (TPSA) is 87.7 Å². The molecule has 0 fully saturated rings. The summed E-state index contributed by atoms with van der Waals surface area (Å²) in [6.45, 7) is 0. The van der Waals surface area contributed by atoms with E-state index in [-0.39, 0.29) is 52.0 Å². The van der Waals surface area contributed by atoms with Crippen LogP contribution in [-0.2, 0) is 10.5 Å².